The maximum atomic E-state index is 12.7. The number of hydrogen-bond acceptors (Lipinski definition) is 5. The Morgan fingerprint density at radius 1 is 1.06 bits per heavy atom. The van der Waals surface area contributed by atoms with Gasteiger partial charge < -0.3 is 25.2 Å². The molecule has 0 aromatic heterocycles. The SMILES string of the molecule is COCCCC(NC(=O)CC1(NC(=O)OCC2c3ccccc3-c3ccccc32)CCC1)C(=O)O. The van der Waals surface area contributed by atoms with Crippen molar-refractivity contribution in [3.8, 4) is 11.1 Å². The zero-order valence-corrected chi connectivity index (χ0v) is 19.9. The molecule has 1 saturated carbocycles. The van der Waals surface area contributed by atoms with Gasteiger partial charge in [-0.05, 0) is 54.4 Å². The summed E-state index contributed by atoms with van der Waals surface area (Å²) in [6.45, 7) is 0.621. The Morgan fingerprint density at radius 2 is 1.69 bits per heavy atom. The van der Waals surface area contributed by atoms with E-state index in [0.717, 1.165) is 28.7 Å². The molecule has 8 heteroatoms. The van der Waals surface area contributed by atoms with Crippen molar-refractivity contribution < 1.29 is 29.0 Å². The molecule has 0 saturated heterocycles. The van der Waals surface area contributed by atoms with Crippen LogP contribution in [0.15, 0.2) is 48.5 Å². The first-order valence-electron chi connectivity index (χ1n) is 12.1. The highest BCUT2D eigenvalue weighted by atomic mass is 16.5. The fraction of sp³-hybridized carbons (Fsp3) is 0.444. The van der Waals surface area contributed by atoms with E-state index in [1.165, 1.54) is 0 Å². The average Bonchev–Trinajstić information content (AvgIpc) is 3.14. The maximum absolute atomic E-state index is 12.7. The lowest BCUT2D eigenvalue weighted by molar-refractivity contribution is -0.142. The largest absolute Gasteiger partial charge is 0.480 e. The normalized spacial score (nSPS) is 16.4. The van der Waals surface area contributed by atoms with Gasteiger partial charge in [-0.15, -0.1) is 0 Å². The number of rotatable bonds is 11. The van der Waals surface area contributed by atoms with Gasteiger partial charge in [-0.3, -0.25) is 4.79 Å². The fourth-order valence-corrected chi connectivity index (χ4v) is 5.04. The summed E-state index contributed by atoms with van der Waals surface area (Å²) < 4.78 is 10.6. The highest BCUT2D eigenvalue weighted by Gasteiger charge is 2.41. The van der Waals surface area contributed by atoms with Crippen molar-refractivity contribution in [2.45, 2.75) is 56.0 Å². The number of hydrogen-bond donors (Lipinski definition) is 3. The predicted octanol–water partition coefficient (Wildman–Crippen LogP) is 3.83. The van der Waals surface area contributed by atoms with Crippen LogP contribution in [-0.2, 0) is 19.1 Å². The maximum Gasteiger partial charge on any atom is 0.407 e. The molecule has 2 aromatic carbocycles. The predicted molar refractivity (Wildman–Crippen MR) is 130 cm³/mol. The Hall–Kier alpha value is -3.39. The van der Waals surface area contributed by atoms with Crippen molar-refractivity contribution in [2.24, 2.45) is 0 Å². The number of alkyl carbamates (subject to hydrolysis) is 1. The number of methoxy groups -OCH3 is 1. The molecule has 0 bridgehead atoms. The van der Waals surface area contributed by atoms with Crippen LogP contribution in [0.1, 0.15) is 55.6 Å². The van der Waals surface area contributed by atoms with Crippen LogP contribution in [0, 0.1) is 0 Å². The van der Waals surface area contributed by atoms with Crippen molar-refractivity contribution >= 4 is 18.0 Å². The number of amides is 2. The molecule has 8 nitrogen and oxygen atoms in total. The molecule has 0 radical (unpaired) electrons. The molecule has 0 heterocycles. The van der Waals surface area contributed by atoms with Gasteiger partial charge in [0.2, 0.25) is 5.91 Å². The van der Waals surface area contributed by atoms with E-state index in [1.54, 1.807) is 7.11 Å². The van der Waals surface area contributed by atoms with Crippen LogP contribution in [0.25, 0.3) is 11.1 Å². The van der Waals surface area contributed by atoms with E-state index in [-0.39, 0.29) is 25.4 Å². The summed E-state index contributed by atoms with van der Waals surface area (Å²) in [6.07, 6.45) is 2.43. The number of benzene rings is 2. The number of carbonyl (C=O) groups is 3. The van der Waals surface area contributed by atoms with E-state index in [0.29, 0.717) is 25.9 Å². The van der Waals surface area contributed by atoms with E-state index in [4.69, 9.17) is 9.47 Å². The molecule has 0 aliphatic heterocycles. The number of fused-ring (bicyclic) bond motifs is 3. The van der Waals surface area contributed by atoms with Gasteiger partial charge in [-0.25, -0.2) is 9.59 Å². The van der Waals surface area contributed by atoms with E-state index in [9.17, 15) is 19.5 Å². The van der Waals surface area contributed by atoms with E-state index >= 15 is 0 Å². The first-order valence-corrected chi connectivity index (χ1v) is 12.1. The summed E-state index contributed by atoms with van der Waals surface area (Å²) in [4.78, 5) is 36.9. The van der Waals surface area contributed by atoms with Crippen molar-refractivity contribution in [2.75, 3.05) is 20.3 Å². The van der Waals surface area contributed by atoms with Crippen LogP contribution < -0.4 is 10.6 Å². The standard InChI is InChI=1S/C27H32N2O6/c1-34-15-6-12-23(25(31)32)28-24(30)16-27(13-7-14-27)29-26(33)35-17-22-20-10-4-2-8-18(20)19-9-3-5-11-21(19)22/h2-5,8-11,22-23H,6-7,12-17H2,1H3,(H,28,30)(H,29,33)(H,31,32). The summed E-state index contributed by atoms with van der Waals surface area (Å²) in [5.74, 6) is -1.52. The minimum Gasteiger partial charge on any atom is -0.480 e. The first kappa shape index (κ1) is 24.7. The summed E-state index contributed by atoms with van der Waals surface area (Å²) in [5, 5.41) is 14.9. The molecule has 0 spiro atoms. The second kappa shape index (κ2) is 10.9. The molecule has 2 aromatic rings. The third-order valence-corrected chi connectivity index (χ3v) is 7.00. The lowest BCUT2D eigenvalue weighted by atomic mass is 9.74. The van der Waals surface area contributed by atoms with Gasteiger partial charge >= 0.3 is 12.1 Å². The molecule has 3 N–H and O–H groups in total. The number of carbonyl (C=O) groups excluding carboxylic acids is 2. The third kappa shape index (κ3) is 5.65. The highest BCUT2D eigenvalue weighted by Crippen LogP contribution is 2.44. The minimum absolute atomic E-state index is 0.0191. The fourth-order valence-electron chi connectivity index (χ4n) is 5.04. The molecule has 2 amide bonds. The Balaban J connectivity index is 1.33. The lowest BCUT2D eigenvalue weighted by Gasteiger charge is -2.41. The van der Waals surface area contributed by atoms with E-state index in [2.05, 4.69) is 34.9 Å². The van der Waals surface area contributed by atoms with E-state index in [1.807, 2.05) is 24.3 Å². The molecule has 35 heavy (non-hydrogen) atoms. The molecular weight excluding hydrogens is 448 g/mol. The second-order valence-corrected chi connectivity index (χ2v) is 9.35. The van der Waals surface area contributed by atoms with Gasteiger partial charge in [0.1, 0.15) is 12.6 Å². The average molecular weight is 481 g/mol. The van der Waals surface area contributed by atoms with Gasteiger partial charge in [-0.2, -0.15) is 0 Å². The van der Waals surface area contributed by atoms with Gasteiger partial charge in [-0.1, -0.05) is 48.5 Å². The van der Waals surface area contributed by atoms with Crippen LogP contribution in [0.3, 0.4) is 0 Å². The monoisotopic (exact) mass is 480 g/mol. The molecule has 2 aliphatic rings. The van der Waals surface area contributed by atoms with Crippen LogP contribution in [0.2, 0.25) is 0 Å². The highest BCUT2D eigenvalue weighted by molar-refractivity contribution is 5.85. The Labute approximate surface area is 205 Å². The lowest BCUT2D eigenvalue weighted by Crippen LogP contribution is -2.57. The zero-order valence-electron chi connectivity index (χ0n) is 19.9. The topological polar surface area (TPSA) is 114 Å². The van der Waals surface area contributed by atoms with Gasteiger partial charge in [0, 0.05) is 26.1 Å². The summed E-state index contributed by atoms with van der Waals surface area (Å²) in [5.41, 5.74) is 3.87. The summed E-state index contributed by atoms with van der Waals surface area (Å²) >= 11 is 0. The van der Waals surface area contributed by atoms with Crippen molar-refractivity contribution in [3.05, 3.63) is 59.7 Å². The van der Waals surface area contributed by atoms with Gasteiger partial charge in [0.25, 0.3) is 0 Å². The van der Waals surface area contributed by atoms with Gasteiger partial charge in [0.05, 0.1) is 5.54 Å². The van der Waals surface area contributed by atoms with Crippen LogP contribution in [-0.4, -0.2) is 55.0 Å². The first-order chi connectivity index (χ1) is 16.9. The minimum atomic E-state index is -1.08. The zero-order chi connectivity index (χ0) is 24.8. The van der Waals surface area contributed by atoms with Crippen LogP contribution >= 0.6 is 0 Å². The molecule has 1 unspecified atom stereocenters. The summed E-state index contributed by atoms with van der Waals surface area (Å²) in [6, 6.07) is 15.3. The molecule has 4 rings (SSSR count). The Kier molecular flexibility index (Phi) is 7.70. The number of ether oxygens (including phenoxy) is 2. The van der Waals surface area contributed by atoms with Crippen LogP contribution in [0.5, 0.6) is 0 Å². The van der Waals surface area contributed by atoms with E-state index < -0.39 is 29.6 Å². The number of nitrogens with one attached hydrogen (secondary N) is 2. The van der Waals surface area contributed by atoms with Crippen molar-refractivity contribution in [3.63, 3.8) is 0 Å². The van der Waals surface area contributed by atoms with Crippen molar-refractivity contribution in [1.29, 1.82) is 0 Å². The van der Waals surface area contributed by atoms with Gasteiger partial charge in [0.15, 0.2) is 0 Å². The molecule has 186 valence electrons. The summed E-state index contributed by atoms with van der Waals surface area (Å²) in [7, 11) is 1.55. The smallest absolute Gasteiger partial charge is 0.407 e. The molecule has 2 aliphatic carbocycles. The molecule has 1 fully saturated rings. The van der Waals surface area contributed by atoms with Crippen molar-refractivity contribution in [1.82, 2.24) is 10.6 Å². The number of carboxylic acid groups (broad SMARTS) is 1. The quantitative estimate of drug-likeness (QED) is 0.421. The Morgan fingerprint density at radius 3 is 2.23 bits per heavy atom. The number of carboxylic acids is 1. The third-order valence-electron chi connectivity index (χ3n) is 7.00. The van der Waals surface area contributed by atoms with Crippen LogP contribution in [0.4, 0.5) is 4.79 Å². The molecular formula is C27H32N2O6. The second-order valence-electron chi connectivity index (χ2n) is 9.35. The Bertz CT molecular complexity index is 1040. The molecule has 1 atom stereocenters. The number of aliphatic carboxylic acids is 1.